The second-order valence-corrected chi connectivity index (χ2v) is 7.07. The topological polar surface area (TPSA) is 29.3 Å². The van der Waals surface area contributed by atoms with Gasteiger partial charge in [0, 0.05) is 24.7 Å². The van der Waals surface area contributed by atoms with Crippen molar-refractivity contribution < 1.29 is 0 Å². The Bertz CT molecular complexity index is 357. The molecule has 1 aliphatic rings. The first kappa shape index (κ1) is 14.0. The van der Waals surface area contributed by atoms with Crippen molar-refractivity contribution in [1.29, 1.82) is 0 Å². The minimum absolute atomic E-state index is 0.150. The summed E-state index contributed by atoms with van der Waals surface area (Å²) >= 11 is 1.79. The minimum atomic E-state index is 0.150. The van der Waals surface area contributed by atoms with Crippen LogP contribution in [0.2, 0.25) is 0 Å². The van der Waals surface area contributed by atoms with E-state index in [1.165, 1.54) is 24.8 Å². The summed E-state index contributed by atoms with van der Waals surface area (Å²) in [6.45, 7) is 8.76. The molecule has 0 aromatic carbocycles. The Labute approximate surface area is 115 Å². The van der Waals surface area contributed by atoms with Crippen LogP contribution >= 0.6 is 11.3 Å². The first-order valence-corrected chi connectivity index (χ1v) is 7.97. The molecule has 1 heterocycles. The van der Waals surface area contributed by atoms with Crippen LogP contribution in [0, 0.1) is 5.92 Å². The van der Waals surface area contributed by atoms with Gasteiger partial charge < -0.3 is 5.73 Å². The molecule has 0 saturated heterocycles. The lowest BCUT2D eigenvalue weighted by atomic mass is 9.88. The zero-order valence-corrected chi connectivity index (χ0v) is 12.7. The molecule has 102 valence electrons. The van der Waals surface area contributed by atoms with Crippen LogP contribution in [-0.4, -0.2) is 23.0 Å². The average molecular weight is 266 g/mol. The molecule has 2 rings (SSSR count). The van der Waals surface area contributed by atoms with Crippen LogP contribution in [-0.2, 0) is 6.54 Å². The van der Waals surface area contributed by atoms with Crippen molar-refractivity contribution in [1.82, 2.24) is 4.90 Å². The van der Waals surface area contributed by atoms with E-state index in [4.69, 9.17) is 5.73 Å². The largest absolute Gasteiger partial charge is 0.329 e. The van der Waals surface area contributed by atoms with Crippen molar-refractivity contribution in [2.45, 2.75) is 58.2 Å². The van der Waals surface area contributed by atoms with E-state index in [0.717, 1.165) is 19.1 Å². The molecule has 3 heteroatoms. The number of hydrogen-bond acceptors (Lipinski definition) is 3. The van der Waals surface area contributed by atoms with E-state index < -0.39 is 0 Å². The van der Waals surface area contributed by atoms with Gasteiger partial charge in [0.25, 0.3) is 0 Å². The molecule has 0 radical (unpaired) electrons. The van der Waals surface area contributed by atoms with Gasteiger partial charge in [0.1, 0.15) is 0 Å². The molecule has 1 fully saturated rings. The Morgan fingerprint density at radius 3 is 2.67 bits per heavy atom. The van der Waals surface area contributed by atoms with Gasteiger partial charge in [0.2, 0.25) is 0 Å². The van der Waals surface area contributed by atoms with Crippen LogP contribution in [0.1, 0.15) is 45.6 Å². The van der Waals surface area contributed by atoms with Gasteiger partial charge in [-0.25, -0.2) is 0 Å². The lowest BCUT2D eigenvalue weighted by Gasteiger charge is -2.42. The molecule has 2 N–H and O–H groups in total. The molecule has 0 spiro atoms. The van der Waals surface area contributed by atoms with Crippen LogP contribution in [0.5, 0.6) is 0 Å². The third-order valence-electron chi connectivity index (χ3n) is 3.90. The van der Waals surface area contributed by atoms with Crippen molar-refractivity contribution in [3.05, 3.63) is 22.4 Å². The van der Waals surface area contributed by atoms with E-state index in [9.17, 15) is 0 Å². The van der Waals surface area contributed by atoms with Crippen LogP contribution in [0.3, 0.4) is 0 Å². The number of nitrogens with zero attached hydrogens (tertiary/aromatic N) is 1. The zero-order valence-electron chi connectivity index (χ0n) is 11.9. The Morgan fingerprint density at radius 1 is 1.50 bits per heavy atom. The number of nitrogens with two attached hydrogens (primary N) is 1. The molecular formula is C15H26N2S. The monoisotopic (exact) mass is 266 g/mol. The summed E-state index contributed by atoms with van der Waals surface area (Å²) < 4.78 is 0. The van der Waals surface area contributed by atoms with E-state index in [-0.39, 0.29) is 5.54 Å². The molecule has 18 heavy (non-hydrogen) atoms. The number of hydrogen-bond donors (Lipinski definition) is 1. The molecule has 1 saturated carbocycles. The molecule has 1 aliphatic carbocycles. The highest BCUT2D eigenvalue weighted by molar-refractivity contribution is 7.07. The van der Waals surface area contributed by atoms with Gasteiger partial charge >= 0.3 is 0 Å². The highest BCUT2D eigenvalue weighted by Gasteiger charge is 2.40. The van der Waals surface area contributed by atoms with E-state index in [0.29, 0.717) is 5.92 Å². The van der Waals surface area contributed by atoms with Crippen molar-refractivity contribution >= 4 is 11.3 Å². The van der Waals surface area contributed by atoms with E-state index in [1.807, 2.05) is 0 Å². The maximum Gasteiger partial charge on any atom is 0.0312 e. The van der Waals surface area contributed by atoms with Gasteiger partial charge in [-0.15, -0.1) is 0 Å². The first-order valence-electron chi connectivity index (χ1n) is 7.03. The van der Waals surface area contributed by atoms with E-state index in [2.05, 4.69) is 42.5 Å². The van der Waals surface area contributed by atoms with Gasteiger partial charge in [-0.3, -0.25) is 4.90 Å². The third kappa shape index (κ3) is 3.34. The summed E-state index contributed by atoms with van der Waals surface area (Å²) in [5, 5.41) is 4.43. The smallest absolute Gasteiger partial charge is 0.0312 e. The van der Waals surface area contributed by atoms with E-state index in [1.54, 1.807) is 11.3 Å². The molecule has 1 aromatic rings. The van der Waals surface area contributed by atoms with Crippen LogP contribution < -0.4 is 5.73 Å². The number of rotatable bonds is 7. The third-order valence-corrected chi connectivity index (χ3v) is 4.63. The highest BCUT2D eigenvalue weighted by Crippen LogP contribution is 2.37. The molecule has 0 aliphatic heterocycles. The van der Waals surface area contributed by atoms with Gasteiger partial charge in [-0.05, 0) is 54.5 Å². The fourth-order valence-electron chi connectivity index (χ4n) is 2.92. The molecule has 1 unspecified atom stereocenters. The molecule has 1 aromatic heterocycles. The minimum Gasteiger partial charge on any atom is -0.329 e. The second-order valence-electron chi connectivity index (χ2n) is 6.29. The summed E-state index contributed by atoms with van der Waals surface area (Å²) in [5.74, 6) is 0.697. The predicted molar refractivity (Wildman–Crippen MR) is 79.8 cm³/mol. The second kappa shape index (κ2) is 5.72. The summed E-state index contributed by atoms with van der Waals surface area (Å²) in [4.78, 5) is 2.66. The maximum absolute atomic E-state index is 6.11. The Hall–Kier alpha value is -0.380. The van der Waals surface area contributed by atoms with Crippen LogP contribution in [0.15, 0.2) is 16.8 Å². The number of thiophene rings is 1. The average Bonchev–Trinajstić information content (AvgIpc) is 3.02. The lowest BCUT2D eigenvalue weighted by Crippen LogP contribution is -2.53. The molecule has 2 nitrogen and oxygen atoms in total. The molecule has 1 atom stereocenters. The Morgan fingerprint density at radius 2 is 2.22 bits per heavy atom. The van der Waals surface area contributed by atoms with E-state index >= 15 is 0 Å². The summed E-state index contributed by atoms with van der Waals surface area (Å²) in [6.07, 6.45) is 3.87. The summed E-state index contributed by atoms with van der Waals surface area (Å²) in [5.41, 5.74) is 7.70. The van der Waals surface area contributed by atoms with Gasteiger partial charge in [-0.1, -0.05) is 13.8 Å². The van der Waals surface area contributed by atoms with Crippen LogP contribution in [0.4, 0.5) is 0 Å². The normalized spacial score (nSPS) is 19.4. The summed E-state index contributed by atoms with van der Waals surface area (Å²) in [6, 6.07) is 3.00. The SMILES string of the molecule is CC(C)CC(C)(CN)N(Cc1ccsc1)C1CC1. The fourth-order valence-corrected chi connectivity index (χ4v) is 3.58. The lowest BCUT2D eigenvalue weighted by molar-refractivity contribution is 0.0722. The zero-order chi connectivity index (χ0) is 13.2. The molecule has 0 amide bonds. The quantitative estimate of drug-likeness (QED) is 0.818. The van der Waals surface area contributed by atoms with Gasteiger partial charge in [0.15, 0.2) is 0 Å². The summed E-state index contributed by atoms with van der Waals surface area (Å²) in [7, 11) is 0. The molecular weight excluding hydrogens is 240 g/mol. The van der Waals surface area contributed by atoms with Crippen molar-refractivity contribution in [2.24, 2.45) is 11.7 Å². The maximum atomic E-state index is 6.11. The van der Waals surface area contributed by atoms with Gasteiger partial charge in [0.05, 0.1) is 0 Å². The van der Waals surface area contributed by atoms with Gasteiger partial charge in [-0.2, -0.15) is 11.3 Å². The van der Waals surface area contributed by atoms with Crippen molar-refractivity contribution in [2.75, 3.05) is 6.54 Å². The standard InChI is InChI=1S/C15H26N2S/c1-12(2)8-15(3,11-16)17(14-4-5-14)9-13-6-7-18-10-13/h6-7,10,12,14H,4-5,8-9,11,16H2,1-3H3. The van der Waals surface area contributed by atoms with Crippen LogP contribution in [0.25, 0.3) is 0 Å². The highest BCUT2D eigenvalue weighted by atomic mass is 32.1. The van der Waals surface area contributed by atoms with Crippen molar-refractivity contribution in [3.63, 3.8) is 0 Å². The predicted octanol–water partition coefficient (Wildman–Crippen LogP) is 3.48. The Kier molecular flexibility index (Phi) is 4.46. The fraction of sp³-hybridized carbons (Fsp3) is 0.733. The van der Waals surface area contributed by atoms with Crippen molar-refractivity contribution in [3.8, 4) is 0 Å². The molecule has 0 bridgehead atoms. The first-order chi connectivity index (χ1) is 8.55. The Balaban J connectivity index is 2.11.